The average Bonchev–Trinajstić information content (AvgIpc) is 2.56. The van der Waals surface area contributed by atoms with E-state index < -0.39 is 5.97 Å². The van der Waals surface area contributed by atoms with Gasteiger partial charge in [-0.3, -0.25) is 4.79 Å². The Hall–Kier alpha value is -1.77. The summed E-state index contributed by atoms with van der Waals surface area (Å²) in [6.07, 6.45) is 2.95. The maximum absolute atomic E-state index is 10.8. The number of para-hydroxylation sites is 1. The molecule has 0 saturated heterocycles. The summed E-state index contributed by atoms with van der Waals surface area (Å²) in [6, 6.07) is 7.98. The predicted octanol–water partition coefficient (Wildman–Crippen LogP) is 2.92. The number of carboxylic acids is 1. The van der Waals surface area contributed by atoms with Crippen molar-refractivity contribution in [2.75, 3.05) is 0 Å². The molecule has 1 aromatic carbocycles. The van der Waals surface area contributed by atoms with E-state index >= 15 is 0 Å². The highest BCUT2D eigenvalue weighted by Crippen LogP contribution is 2.23. The van der Waals surface area contributed by atoms with Crippen molar-refractivity contribution < 1.29 is 9.90 Å². The molecule has 90 valence electrons. The quantitative estimate of drug-likeness (QED) is 0.879. The van der Waals surface area contributed by atoms with E-state index in [1.165, 1.54) is 10.9 Å². The van der Waals surface area contributed by atoms with Gasteiger partial charge in [0.05, 0.1) is 0 Å². The molecule has 0 amide bonds. The van der Waals surface area contributed by atoms with Crippen molar-refractivity contribution in [1.82, 2.24) is 4.57 Å². The summed E-state index contributed by atoms with van der Waals surface area (Å²) in [6.45, 7) is 4.37. The highest BCUT2D eigenvalue weighted by atomic mass is 16.4. The molecule has 0 bridgehead atoms. The molecule has 2 aromatic rings. The van der Waals surface area contributed by atoms with Crippen molar-refractivity contribution in [3.63, 3.8) is 0 Å². The number of nitrogens with zero attached hydrogens (tertiary/aromatic N) is 1. The summed E-state index contributed by atoms with van der Waals surface area (Å²) in [7, 11) is 0. The first-order valence-electron chi connectivity index (χ1n) is 5.86. The highest BCUT2D eigenvalue weighted by Gasteiger charge is 2.10. The molecule has 0 radical (unpaired) electrons. The van der Waals surface area contributed by atoms with Crippen molar-refractivity contribution in [3.8, 4) is 0 Å². The van der Waals surface area contributed by atoms with E-state index in [9.17, 15) is 4.79 Å². The molecule has 1 heterocycles. The maximum Gasteiger partial charge on any atom is 0.323 e. The zero-order valence-electron chi connectivity index (χ0n) is 10.2. The van der Waals surface area contributed by atoms with E-state index in [2.05, 4.69) is 19.9 Å². The van der Waals surface area contributed by atoms with Crippen LogP contribution in [0.2, 0.25) is 0 Å². The minimum absolute atomic E-state index is 0.0264. The van der Waals surface area contributed by atoms with Crippen LogP contribution < -0.4 is 0 Å². The van der Waals surface area contributed by atoms with Crippen LogP contribution in [0.4, 0.5) is 0 Å². The molecule has 0 aliphatic carbocycles. The second-order valence-electron chi connectivity index (χ2n) is 4.79. The lowest BCUT2D eigenvalue weighted by Gasteiger charge is -2.01. The molecule has 1 N–H and O–H groups in total. The summed E-state index contributed by atoms with van der Waals surface area (Å²) in [4.78, 5) is 10.8. The third kappa shape index (κ3) is 2.49. The highest BCUT2D eigenvalue weighted by molar-refractivity contribution is 5.85. The number of benzene rings is 1. The van der Waals surface area contributed by atoms with Gasteiger partial charge in [-0.05, 0) is 24.0 Å². The summed E-state index contributed by atoms with van der Waals surface area (Å²) in [5.74, 6) is -0.235. The van der Waals surface area contributed by atoms with Crippen molar-refractivity contribution in [2.24, 2.45) is 5.92 Å². The molecule has 3 heteroatoms. The average molecular weight is 231 g/mol. The van der Waals surface area contributed by atoms with Gasteiger partial charge in [-0.15, -0.1) is 0 Å². The Morgan fingerprint density at radius 1 is 1.35 bits per heavy atom. The van der Waals surface area contributed by atoms with E-state index in [0.717, 1.165) is 11.9 Å². The number of aliphatic carboxylic acids is 1. The molecule has 0 unspecified atom stereocenters. The number of fused-ring (bicyclic) bond motifs is 1. The van der Waals surface area contributed by atoms with Crippen LogP contribution in [0, 0.1) is 5.92 Å². The fourth-order valence-corrected chi connectivity index (χ4v) is 2.20. The summed E-state index contributed by atoms with van der Waals surface area (Å²) in [5, 5.41) is 10.1. The Morgan fingerprint density at radius 2 is 2.06 bits per heavy atom. The van der Waals surface area contributed by atoms with Crippen LogP contribution in [0.15, 0.2) is 30.5 Å². The zero-order chi connectivity index (χ0) is 12.4. The monoisotopic (exact) mass is 231 g/mol. The van der Waals surface area contributed by atoms with Crippen molar-refractivity contribution in [3.05, 3.63) is 36.0 Å². The fraction of sp³-hybridized carbons (Fsp3) is 0.357. The topological polar surface area (TPSA) is 42.2 Å². The van der Waals surface area contributed by atoms with Gasteiger partial charge in [0.2, 0.25) is 0 Å². The molecular weight excluding hydrogens is 214 g/mol. The van der Waals surface area contributed by atoms with Gasteiger partial charge in [0, 0.05) is 17.1 Å². The third-order valence-electron chi connectivity index (χ3n) is 2.80. The minimum atomic E-state index is -0.804. The molecule has 1 aromatic heterocycles. The summed E-state index contributed by atoms with van der Waals surface area (Å²) >= 11 is 0. The molecule has 0 spiro atoms. The van der Waals surface area contributed by atoms with Gasteiger partial charge >= 0.3 is 5.97 Å². The number of aromatic nitrogens is 1. The van der Waals surface area contributed by atoms with Crippen LogP contribution in [0.3, 0.4) is 0 Å². The van der Waals surface area contributed by atoms with Crippen LogP contribution in [-0.4, -0.2) is 15.6 Å². The normalized spacial score (nSPS) is 11.2. The van der Waals surface area contributed by atoms with Crippen LogP contribution in [-0.2, 0) is 17.8 Å². The predicted molar refractivity (Wildman–Crippen MR) is 68.1 cm³/mol. The van der Waals surface area contributed by atoms with E-state index in [4.69, 9.17) is 5.11 Å². The Kier molecular flexibility index (Phi) is 3.18. The molecule has 0 atom stereocenters. The van der Waals surface area contributed by atoms with Crippen molar-refractivity contribution >= 4 is 16.9 Å². The lowest BCUT2D eigenvalue weighted by atomic mass is 10.0. The minimum Gasteiger partial charge on any atom is -0.480 e. The molecule has 0 saturated carbocycles. The van der Waals surface area contributed by atoms with E-state index in [0.29, 0.717) is 5.92 Å². The Labute approximate surface area is 101 Å². The van der Waals surface area contributed by atoms with Crippen molar-refractivity contribution in [2.45, 2.75) is 26.8 Å². The Bertz CT molecular complexity index is 540. The second-order valence-corrected chi connectivity index (χ2v) is 4.79. The molecule has 3 nitrogen and oxygen atoms in total. The second kappa shape index (κ2) is 4.62. The van der Waals surface area contributed by atoms with Gasteiger partial charge in [-0.2, -0.15) is 0 Å². The summed E-state index contributed by atoms with van der Waals surface area (Å²) < 4.78 is 1.81. The third-order valence-corrected chi connectivity index (χ3v) is 2.80. The van der Waals surface area contributed by atoms with Gasteiger partial charge in [0.1, 0.15) is 6.54 Å². The smallest absolute Gasteiger partial charge is 0.323 e. The number of hydrogen-bond acceptors (Lipinski definition) is 1. The van der Waals surface area contributed by atoms with Gasteiger partial charge in [-0.1, -0.05) is 32.0 Å². The SMILES string of the molecule is CC(C)Cc1cn(CC(=O)O)c2ccccc12. The van der Waals surface area contributed by atoms with Gasteiger partial charge in [-0.25, -0.2) is 0 Å². The van der Waals surface area contributed by atoms with Crippen molar-refractivity contribution in [1.29, 1.82) is 0 Å². The van der Waals surface area contributed by atoms with Gasteiger partial charge in [0.25, 0.3) is 0 Å². The fourth-order valence-electron chi connectivity index (χ4n) is 2.20. The first kappa shape index (κ1) is 11.7. The van der Waals surface area contributed by atoms with Gasteiger partial charge in [0.15, 0.2) is 0 Å². The Balaban J connectivity index is 2.50. The molecule has 0 aliphatic heterocycles. The van der Waals surface area contributed by atoms with E-state index in [1.54, 1.807) is 0 Å². The van der Waals surface area contributed by atoms with Crippen LogP contribution in [0.1, 0.15) is 19.4 Å². The Morgan fingerprint density at radius 3 is 2.71 bits per heavy atom. The zero-order valence-corrected chi connectivity index (χ0v) is 10.2. The maximum atomic E-state index is 10.8. The van der Waals surface area contributed by atoms with Gasteiger partial charge < -0.3 is 9.67 Å². The molecule has 0 aliphatic rings. The first-order chi connectivity index (χ1) is 8.08. The lowest BCUT2D eigenvalue weighted by Crippen LogP contribution is -2.07. The number of hydrogen-bond donors (Lipinski definition) is 1. The van der Waals surface area contributed by atoms with Crippen LogP contribution >= 0.6 is 0 Å². The van der Waals surface area contributed by atoms with Crippen LogP contribution in [0.25, 0.3) is 10.9 Å². The number of rotatable bonds is 4. The van der Waals surface area contributed by atoms with E-state index in [-0.39, 0.29) is 6.54 Å². The lowest BCUT2D eigenvalue weighted by molar-refractivity contribution is -0.137. The molecule has 2 rings (SSSR count). The molecule has 0 fully saturated rings. The van der Waals surface area contributed by atoms with Crippen LogP contribution in [0.5, 0.6) is 0 Å². The van der Waals surface area contributed by atoms with E-state index in [1.807, 2.05) is 29.0 Å². The molecule has 17 heavy (non-hydrogen) atoms. The first-order valence-corrected chi connectivity index (χ1v) is 5.86. The summed E-state index contributed by atoms with van der Waals surface area (Å²) in [5.41, 5.74) is 2.24. The number of carbonyl (C=O) groups is 1. The number of carboxylic acid groups (broad SMARTS) is 1. The molecular formula is C14H17NO2. The standard InChI is InChI=1S/C14H17NO2/c1-10(2)7-11-8-15(9-14(16)17)13-6-4-3-5-12(11)13/h3-6,8,10H,7,9H2,1-2H3,(H,16,17). The largest absolute Gasteiger partial charge is 0.480 e.